The molecule has 1 aromatic carbocycles. The molecule has 1 aromatic rings. The van der Waals surface area contributed by atoms with Crippen LogP contribution in [0.25, 0.3) is 0 Å². The van der Waals surface area contributed by atoms with Crippen molar-refractivity contribution in [3.8, 4) is 0 Å². The maximum Gasteiger partial charge on any atom is 0.0726 e. The molecule has 1 aliphatic rings. The molecule has 0 radical (unpaired) electrons. The summed E-state index contributed by atoms with van der Waals surface area (Å²) in [5, 5.41) is 0.835. The maximum atomic E-state index is 6.28. The average molecular weight is 240 g/mol. The normalized spacial score (nSPS) is 25.9. The monoisotopic (exact) mass is 239 g/mol. The Morgan fingerprint density at radius 1 is 1.25 bits per heavy atom. The second kappa shape index (κ2) is 4.64. The first-order chi connectivity index (χ1) is 7.56. The van der Waals surface area contributed by atoms with Gasteiger partial charge in [0.1, 0.15) is 0 Å². The van der Waals surface area contributed by atoms with Crippen molar-refractivity contribution < 1.29 is 4.74 Å². The van der Waals surface area contributed by atoms with Gasteiger partial charge in [0.2, 0.25) is 0 Å². The summed E-state index contributed by atoms with van der Waals surface area (Å²) in [6.45, 7) is 8.08. The first kappa shape index (κ1) is 11.7. The number of aryl methyl sites for hydroxylation is 1. The molecule has 0 spiro atoms. The van der Waals surface area contributed by atoms with Crippen LogP contribution in [0.15, 0.2) is 18.2 Å². The second-order valence-corrected chi connectivity index (χ2v) is 5.02. The van der Waals surface area contributed by atoms with E-state index in [1.807, 2.05) is 6.07 Å². The van der Waals surface area contributed by atoms with E-state index in [0.29, 0.717) is 0 Å². The smallest absolute Gasteiger partial charge is 0.0726 e. The van der Waals surface area contributed by atoms with Crippen molar-refractivity contribution in [1.29, 1.82) is 0 Å². The van der Waals surface area contributed by atoms with E-state index >= 15 is 0 Å². The Hall–Kier alpha value is -0.730. The highest BCUT2D eigenvalue weighted by atomic mass is 35.5. The topological polar surface area (TPSA) is 12.5 Å². The molecule has 0 N–H and O–H groups in total. The highest BCUT2D eigenvalue weighted by Gasteiger charge is 2.23. The van der Waals surface area contributed by atoms with Gasteiger partial charge in [0.15, 0.2) is 0 Å². The largest absolute Gasteiger partial charge is 0.372 e. The Balaban J connectivity index is 2.23. The quantitative estimate of drug-likeness (QED) is 0.746. The standard InChI is InChI=1S/C13H18ClNO/c1-9-4-5-13(12(14)6-9)15-7-10(2)16-11(3)8-15/h4-6,10-11H,7-8H2,1-3H3/t10-,11+. The molecule has 88 valence electrons. The zero-order valence-electron chi connectivity index (χ0n) is 10.0. The van der Waals surface area contributed by atoms with Crippen molar-refractivity contribution in [3.63, 3.8) is 0 Å². The van der Waals surface area contributed by atoms with Gasteiger partial charge in [-0.3, -0.25) is 0 Å². The van der Waals surface area contributed by atoms with Gasteiger partial charge in [-0.15, -0.1) is 0 Å². The van der Waals surface area contributed by atoms with Gasteiger partial charge in [-0.25, -0.2) is 0 Å². The maximum absolute atomic E-state index is 6.28. The van der Waals surface area contributed by atoms with Gasteiger partial charge in [0.05, 0.1) is 22.9 Å². The number of hydrogen-bond donors (Lipinski definition) is 0. The first-order valence-corrected chi connectivity index (χ1v) is 6.10. The fraction of sp³-hybridized carbons (Fsp3) is 0.538. The van der Waals surface area contributed by atoms with Crippen LogP contribution in [0, 0.1) is 6.92 Å². The Bertz CT molecular complexity index is 370. The predicted octanol–water partition coefficient (Wildman–Crippen LogP) is 3.26. The van der Waals surface area contributed by atoms with Crippen LogP contribution in [0.5, 0.6) is 0 Å². The van der Waals surface area contributed by atoms with Gasteiger partial charge in [0, 0.05) is 13.1 Å². The third kappa shape index (κ3) is 2.50. The van der Waals surface area contributed by atoms with E-state index in [1.165, 1.54) is 5.56 Å². The molecule has 2 rings (SSSR count). The minimum absolute atomic E-state index is 0.265. The van der Waals surface area contributed by atoms with Gasteiger partial charge in [-0.2, -0.15) is 0 Å². The van der Waals surface area contributed by atoms with E-state index < -0.39 is 0 Å². The van der Waals surface area contributed by atoms with Crippen molar-refractivity contribution in [2.75, 3.05) is 18.0 Å². The molecule has 16 heavy (non-hydrogen) atoms. The zero-order valence-corrected chi connectivity index (χ0v) is 10.8. The van der Waals surface area contributed by atoms with E-state index in [2.05, 4.69) is 37.8 Å². The molecule has 0 saturated carbocycles. The lowest BCUT2D eigenvalue weighted by Crippen LogP contribution is -2.45. The van der Waals surface area contributed by atoms with E-state index in [4.69, 9.17) is 16.3 Å². The number of halogens is 1. The fourth-order valence-electron chi connectivity index (χ4n) is 2.24. The van der Waals surface area contributed by atoms with E-state index in [1.54, 1.807) is 0 Å². The van der Waals surface area contributed by atoms with Crippen LogP contribution in [0.1, 0.15) is 19.4 Å². The van der Waals surface area contributed by atoms with Crippen LogP contribution in [-0.4, -0.2) is 25.3 Å². The van der Waals surface area contributed by atoms with Crippen LogP contribution >= 0.6 is 11.6 Å². The third-order valence-electron chi connectivity index (χ3n) is 2.86. The van der Waals surface area contributed by atoms with Gasteiger partial charge in [-0.1, -0.05) is 17.7 Å². The number of anilines is 1. The lowest BCUT2D eigenvalue weighted by molar-refractivity contribution is -0.00520. The molecule has 3 heteroatoms. The number of rotatable bonds is 1. The van der Waals surface area contributed by atoms with Gasteiger partial charge < -0.3 is 9.64 Å². The van der Waals surface area contributed by atoms with Crippen molar-refractivity contribution in [3.05, 3.63) is 28.8 Å². The van der Waals surface area contributed by atoms with Gasteiger partial charge in [-0.05, 0) is 38.5 Å². The molecule has 2 nitrogen and oxygen atoms in total. The molecule has 1 aliphatic heterocycles. The summed E-state index contributed by atoms with van der Waals surface area (Å²) in [5.41, 5.74) is 2.32. The summed E-state index contributed by atoms with van der Waals surface area (Å²) in [6, 6.07) is 6.22. The molecular weight excluding hydrogens is 222 g/mol. The van der Waals surface area contributed by atoms with Crippen molar-refractivity contribution in [2.45, 2.75) is 33.0 Å². The van der Waals surface area contributed by atoms with Crippen LogP contribution in [0.4, 0.5) is 5.69 Å². The van der Waals surface area contributed by atoms with Crippen LogP contribution < -0.4 is 4.90 Å². The summed E-state index contributed by atoms with van der Waals surface area (Å²) >= 11 is 6.28. The van der Waals surface area contributed by atoms with E-state index in [0.717, 1.165) is 23.8 Å². The lowest BCUT2D eigenvalue weighted by Gasteiger charge is -2.37. The van der Waals surface area contributed by atoms with Crippen LogP contribution in [-0.2, 0) is 4.74 Å². The predicted molar refractivity (Wildman–Crippen MR) is 68.4 cm³/mol. The Kier molecular flexibility index (Phi) is 3.41. The molecular formula is C13H18ClNO. The van der Waals surface area contributed by atoms with Gasteiger partial charge in [0.25, 0.3) is 0 Å². The fourth-order valence-corrected chi connectivity index (χ4v) is 2.60. The summed E-state index contributed by atoms with van der Waals surface area (Å²) < 4.78 is 5.72. The molecule has 0 aliphatic carbocycles. The lowest BCUT2D eigenvalue weighted by atomic mass is 10.1. The molecule has 0 aromatic heterocycles. The number of benzene rings is 1. The van der Waals surface area contributed by atoms with Crippen molar-refractivity contribution in [2.24, 2.45) is 0 Å². The Labute approximate surface area is 102 Å². The molecule has 1 heterocycles. The number of ether oxygens (including phenoxy) is 1. The van der Waals surface area contributed by atoms with E-state index in [9.17, 15) is 0 Å². The summed E-state index contributed by atoms with van der Waals surface area (Å²) in [5.74, 6) is 0. The molecule has 0 bridgehead atoms. The van der Waals surface area contributed by atoms with Gasteiger partial charge >= 0.3 is 0 Å². The average Bonchev–Trinajstić information content (AvgIpc) is 2.15. The third-order valence-corrected chi connectivity index (χ3v) is 3.17. The second-order valence-electron chi connectivity index (χ2n) is 4.62. The Morgan fingerprint density at radius 2 is 1.88 bits per heavy atom. The summed E-state index contributed by atoms with van der Waals surface area (Å²) in [6.07, 6.45) is 0.530. The molecule has 0 unspecified atom stereocenters. The Morgan fingerprint density at radius 3 is 2.44 bits per heavy atom. The van der Waals surface area contributed by atoms with Crippen LogP contribution in [0.3, 0.4) is 0 Å². The summed E-state index contributed by atoms with van der Waals surface area (Å²) in [4.78, 5) is 2.31. The highest BCUT2D eigenvalue weighted by molar-refractivity contribution is 6.33. The van der Waals surface area contributed by atoms with Crippen molar-refractivity contribution >= 4 is 17.3 Å². The highest BCUT2D eigenvalue weighted by Crippen LogP contribution is 2.29. The van der Waals surface area contributed by atoms with Crippen molar-refractivity contribution in [1.82, 2.24) is 0 Å². The number of nitrogens with zero attached hydrogens (tertiary/aromatic N) is 1. The molecule has 1 fully saturated rings. The molecule has 2 atom stereocenters. The number of morpholine rings is 1. The summed E-state index contributed by atoms with van der Waals surface area (Å²) in [7, 11) is 0. The first-order valence-electron chi connectivity index (χ1n) is 5.73. The zero-order chi connectivity index (χ0) is 11.7. The SMILES string of the molecule is Cc1ccc(N2C[C@@H](C)O[C@@H](C)C2)c(Cl)c1. The minimum atomic E-state index is 0.265. The molecule has 1 saturated heterocycles. The van der Waals surface area contributed by atoms with Crippen LogP contribution in [0.2, 0.25) is 5.02 Å². The molecule has 0 amide bonds. The minimum Gasteiger partial charge on any atom is -0.372 e. The number of hydrogen-bond acceptors (Lipinski definition) is 2. The van der Waals surface area contributed by atoms with E-state index in [-0.39, 0.29) is 12.2 Å².